The Morgan fingerprint density at radius 1 is 0.824 bits per heavy atom. The zero-order chi connectivity index (χ0) is 23.9. The lowest BCUT2D eigenvalue weighted by Gasteiger charge is -2.24. The molecule has 0 bridgehead atoms. The maximum atomic E-state index is 13.3. The highest BCUT2D eigenvalue weighted by Gasteiger charge is 2.21. The van der Waals surface area contributed by atoms with Crippen LogP contribution in [0.5, 0.6) is 11.5 Å². The number of hydrogen-bond donors (Lipinski definition) is 4. The lowest BCUT2D eigenvalue weighted by molar-refractivity contribution is 0.0982. The van der Waals surface area contributed by atoms with E-state index in [1.54, 1.807) is 42.6 Å². The van der Waals surface area contributed by atoms with E-state index in [1.807, 2.05) is 30.3 Å². The molecule has 3 amide bonds. The number of phenolic OH excluding ortho intramolecular Hbond substituents is 2. The smallest absolute Gasteiger partial charge is 0.323 e. The van der Waals surface area contributed by atoms with E-state index < -0.39 is 11.9 Å². The van der Waals surface area contributed by atoms with Crippen molar-refractivity contribution in [3.8, 4) is 11.5 Å². The first kappa shape index (κ1) is 22.3. The number of urea groups is 1. The molecule has 4 aromatic rings. The fourth-order valence-electron chi connectivity index (χ4n) is 3.35. The quantitative estimate of drug-likeness (QED) is 0.328. The lowest BCUT2D eigenvalue weighted by Crippen LogP contribution is -2.30. The number of carbonyl (C=O) groups excluding carboxylic acids is 2. The minimum Gasteiger partial charge on any atom is -0.508 e. The van der Waals surface area contributed by atoms with Gasteiger partial charge in [0, 0.05) is 23.6 Å². The maximum absolute atomic E-state index is 13.3. The molecule has 0 unspecified atom stereocenters. The van der Waals surface area contributed by atoms with Crippen LogP contribution in [0.4, 0.5) is 21.9 Å². The molecular weight excluding hydrogens is 432 g/mol. The summed E-state index contributed by atoms with van der Waals surface area (Å²) in [5.41, 5.74) is 2.62. The minimum atomic E-state index is -0.434. The highest BCUT2D eigenvalue weighted by molar-refractivity contribution is 6.08. The molecule has 4 N–H and O–H groups in total. The Hall–Kier alpha value is -4.85. The number of pyridine rings is 1. The number of anilines is 3. The molecule has 0 fully saturated rings. The topological polar surface area (TPSA) is 115 Å². The van der Waals surface area contributed by atoms with Crippen molar-refractivity contribution in [3.05, 3.63) is 108 Å². The summed E-state index contributed by atoms with van der Waals surface area (Å²) in [4.78, 5) is 31.0. The first-order valence-corrected chi connectivity index (χ1v) is 10.5. The van der Waals surface area contributed by atoms with Crippen molar-refractivity contribution in [1.29, 1.82) is 0 Å². The monoisotopic (exact) mass is 454 g/mol. The van der Waals surface area contributed by atoms with E-state index in [9.17, 15) is 19.8 Å². The van der Waals surface area contributed by atoms with Crippen molar-refractivity contribution >= 4 is 29.0 Å². The van der Waals surface area contributed by atoms with Gasteiger partial charge in [-0.05, 0) is 54.1 Å². The van der Waals surface area contributed by atoms with Crippen LogP contribution in [0.3, 0.4) is 0 Å². The van der Waals surface area contributed by atoms with Crippen LogP contribution >= 0.6 is 0 Å². The van der Waals surface area contributed by atoms with Gasteiger partial charge >= 0.3 is 6.03 Å². The van der Waals surface area contributed by atoms with E-state index in [0.717, 1.165) is 11.6 Å². The molecule has 8 heteroatoms. The fraction of sp³-hybridized carbons (Fsp3) is 0.0385. The van der Waals surface area contributed by atoms with Gasteiger partial charge in [0.25, 0.3) is 5.91 Å². The van der Waals surface area contributed by atoms with Crippen LogP contribution in [0.25, 0.3) is 0 Å². The van der Waals surface area contributed by atoms with Crippen molar-refractivity contribution in [2.75, 3.05) is 15.5 Å². The Kier molecular flexibility index (Phi) is 6.69. The molecule has 1 aromatic heterocycles. The second-order valence-corrected chi connectivity index (χ2v) is 7.45. The average molecular weight is 454 g/mol. The van der Waals surface area contributed by atoms with Crippen LogP contribution in [-0.2, 0) is 6.54 Å². The Labute approximate surface area is 196 Å². The molecule has 4 rings (SSSR count). The molecular formula is C26H22N4O4. The van der Waals surface area contributed by atoms with Gasteiger partial charge in [0.15, 0.2) is 0 Å². The second-order valence-electron chi connectivity index (χ2n) is 7.45. The Morgan fingerprint density at radius 2 is 1.56 bits per heavy atom. The van der Waals surface area contributed by atoms with Crippen LogP contribution < -0.4 is 15.5 Å². The summed E-state index contributed by atoms with van der Waals surface area (Å²) in [6.07, 6.45) is 3.15. The molecule has 0 saturated heterocycles. The molecule has 3 aromatic carbocycles. The van der Waals surface area contributed by atoms with E-state index in [4.69, 9.17) is 0 Å². The Balaban J connectivity index is 1.56. The standard InChI is InChI=1S/C26H22N4O4/c31-22-12-13-23(24(32)15-22)25(33)30(17-18-5-2-1-3-6-18)21-10-8-19(9-11-21)28-26(34)29-20-7-4-14-27-16-20/h1-16,31-32H,17H2,(H2,28,29,34). The van der Waals surface area contributed by atoms with Crippen LogP contribution in [-0.4, -0.2) is 27.1 Å². The molecule has 0 aliphatic rings. The SMILES string of the molecule is O=C(Nc1ccc(N(Cc2ccccc2)C(=O)c2ccc(O)cc2O)cc1)Nc1cccnc1. The number of benzene rings is 3. The van der Waals surface area contributed by atoms with E-state index in [1.165, 1.54) is 23.2 Å². The summed E-state index contributed by atoms with van der Waals surface area (Å²) in [5.74, 6) is -0.881. The van der Waals surface area contributed by atoms with Gasteiger partial charge in [-0.15, -0.1) is 0 Å². The van der Waals surface area contributed by atoms with Crippen molar-refractivity contribution in [2.24, 2.45) is 0 Å². The highest BCUT2D eigenvalue weighted by atomic mass is 16.3. The lowest BCUT2D eigenvalue weighted by atomic mass is 10.1. The molecule has 0 saturated carbocycles. The third kappa shape index (κ3) is 5.49. The fourth-order valence-corrected chi connectivity index (χ4v) is 3.35. The molecule has 0 atom stereocenters. The largest absolute Gasteiger partial charge is 0.508 e. The molecule has 8 nitrogen and oxygen atoms in total. The van der Waals surface area contributed by atoms with Crippen LogP contribution in [0.1, 0.15) is 15.9 Å². The predicted molar refractivity (Wildman–Crippen MR) is 130 cm³/mol. The minimum absolute atomic E-state index is 0.0618. The number of hydrogen-bond acceptors (Lipinski definition) is 5. The van der Waals surface area contributed by atoms with Gasteiger partial charge in [0.05, 0.1) is 24.0 Å². The Bertz CT molecular complexity index is 1280. The normalized spacial score (nSPS) is 10.4. The van der Waals surface area contributed by atoms with Crippen molar-refractivity contribution in [3.63, 3.8) is 0 Å². The highest BCUT2D eigenvalue weighted by Crippen LogP contribution is 2.28. The van der Waals surface area contributed by atoms with Gasteiger partial charge in [-0.1, -0.05) is 30.3 Å². The molecule has 170 valence electrons. The summed E-state index contributed by atoms with van der Waals surface area (Å²) in [5, 5.41) is 25.2. The van der Waals surface area contributed by atoms with E-state index in [-0.39, 0.29) is 23.6 Å². The van der Waals surface area contributed by atoms with Gasteiger partial charge in [0.1, 0.15) is 11.5 Å². The second kappa shape index (κ2) is 10.2. The van der Waals surface area contributed by atoms with Crippen molar-refractivity contribution in [2.45, 2.75) is 6.54 Å². The Morgan fingerprint density at radius 3 is 2.24 bits per heavy atom. The zero-order valence-electron chi connectivity index (χ0n) is 18.1. The summed E-state index contributed by atoms with van der Waals surface area (Å²) in [6, 6.07) is 23.1. The van der Waals surface area contributed by atoms with Gasteiger partial charge < -0.3 is 25.7 Å². The number of nitrogens with zero attached hydrogens (tertiary/aromatic N) is 2. The van der Waals surface area contributed by atoms with Crippen molar-refractivity contribution in [1.82, 2.24) is 4.98 Å². The van der Waals surface area contributed by atoms with E-state index in [2.05, 4.69) is 15.6 Å². The summed E-state index contributed by atoms with van der Waals surface area (Å²) >= 11 is 0. The summed E-state index contributed by atoms with van der Waals surface area (Å²) < 4.78 is 0. The van der Waals surface area contributed by atoms with Gasteiger partial charge in [-0.25, -0.2) is 4.79 Å². The molecule has 34 heavy (non-hydrogen) atoms. The van der Waals surface area contributed by atoms with Crippen LogP contribution in [0.15, 0.2) is 97.3 Å². The number of aromatic hydroxyl groups is 2. The zero-order valence-corrected chi connectivity index (χ0v) is 18.1. The van der Waals surface area contributed by atoms with Gasteiger partial charge in [-0.2, -0.15) is 0 Å². The molecule has 0 aliphatic heterocycles. The molecule has 0 radical (unpaired) electrons. The number of nitrogens with one attached hydrogen (secondary N) is 2. The molecule has 1 heterocycles. The van der Waals surface area contributed by atoms with E-state index in [0.29, 0.717) is 17.1 Å². The molecule has 0 aliphatic carbocycles. The third-order valence-corrected chi connectivity index (χ3v) is 5.00. The predicted octanol–water partition coefficient (Wildman–Crippen LogP) is 4.98. The van der Waals surface area contributed by atoms with Crippen LogP contribution in [0.2, 0.25) is 0 Å². The number of carbonyl (C=O) groups is 2. The first-order valence-electron chi connectivity index (χ1n) is 10.5. The summed E-state index contributed by atoms with van der Waals surface area (Å²) in [7, 11) is 0. The summed E-state index contributed by atoms with van der Waals surface area (Å²) in [6.45, 7) is 0.258. The maximum Gasteiger partial charge on any atom is 0.323 e. The van der Waals surface area contributed by atoms with Gasteiger partial charge in [-0.3, -0.25) is 9.78 Å². The number of aromatic nitrogens is 1. The first-order chi connectivity index (χ1) is 16.5. The van der Waals surface area contributed by atoms with Crippen LogP contribution in [0, 0.1) is 0 Å². The van der Waals surface area contributed by atoms with Crippen molar-refractivity contribution < 1.29 is 19.8 Å². The number of rotatable bonds is 6. The molecule has 0 spiro atoms. The average Bonchev–Trinajstić information content (AvgIpc) is 2.84. The number of amides is 3. The van der Waals surface area contributed by atoms with Gasteiger partial charge in [0.2, 0.25) is 0 Å². The number of phenols is 2. The van der Waals surface area contributed by atoms with E-state index >= 15 is 0 Å². The third-order valence-electron chi connectivity index (χ3n) is 5.00.